The first-order chi connectivity index (χ1) is 12.8. The highest BCUT2D eigenvalue weighted by molar-refractivity contribution is 9.10. The van der Waals surface area contributed by atoms with Crippen molar-refractivity contribution in [2.75, 3.05) is 17.7 Å². The van der Waals surface area contributed by atoms with Crippen molar-refractivity contribution in [2.45, 2.75) is 26.3 Å². The highest BCUT2D eigenvalue weighted by Gasteiger charge is 2.19. The molecule has 0 spiro atoms. The summed E-state index contributed by atoms with van der Waals surface area (Å²) < 4.78 is 15.7. The maximum Gasteiger partial charge on any atom is 0.330 e. The van der Waals surface area contributed by atoms with Crippen molar-refractivity contribution >= 4 is 39.4 Å². The number of hydrogen-bond acceptors (Lipinski definition) is 4. The third-order valence-electron chi connectivity index (χ3n) is 3.98. The molecule has 1 heterocycles. The maximum absolute atomic E-state index is 13.8. The molecule has 7 nitrogen and oxygen atoms in total. The molecule has 2 rings (SSSR count). The van der Waals surface area contributed by atoms with Gasteiger partial charge in [0.25, 0.3) is 11.5 Å². The Morgan fingerprint density at radius 1 is 1.41 bits per heavy atom. The van der Waals surface area contributed by atoms with Crippen LogP contribution in [0.3, 0.4) is 0 Å². The van der Waals surface area contributed by atoms with Gasteiger partial charge < -0.3 is 10.6 Å². The van der Waals surface area contributed by atoms with Crippen molar-refractivity contribution in [3.8, 4) is 0 Å². The summed E-state index contributed by atoms with van der Waals surface area (Å²) in [5.41, 5.74) is 4.67. The monoisotopic (exact) mass is 438 g/mol. The molecule has 1 aromatic carbocycles. The van der Waals surface area contributed by atoms with Crippen molar-refractivity contribution in [1.82, 2.24) is 9.55 Å². The number of halogens is 2. The third-order valence-corrected chi connectivity index (χ3v) is 4.47. The Bertz CT molecular complexity index is 997. The second kappa shape index (κ2) is 8.81. The first-order valence-electron chi connectivity index (χ1n) is 8.29. The summed E-state index contributed by atoms with van der Waals surface area (Å²) in [5, 5.41) is 0. The molecule has 27 heavy (non-hydrogen) atoms. The van der Waals surface area contributed by atoms with Gasteiger partial charge in [-0.25, -0.2) is 9.18 Å². The van der Waals surface area contributed by atoms with Crippen molar-refractivity contribution in [3.63, 3.8) is 0 Å². The maximum atomic E-state index is 13.8. The highest BCUT2D eigenvalue weighted by Crippen LogP contribution is 2.18. The number of benzene rings is 1. The van der Waals surface area contributed by atoms with Gasteiger partial charge in [-0.2, -0.15) is 0 Å². The van der Waals surface area contributed by atoms with Crippen LogP contribution in [-0.2, 0) is 11.3 Å². The van der Waals surface area contributed by atoms with Gasteiger partial charge in [-0.3, -0.25) is 19.1 Å². The van der Waals surface area contributed by atoms with Gasteiger partial charge in [0.15, 0.2) is 5.69 Å². The Kier molecular flexibility index (Phi) is 6.73. The lowest BCUT2D eigenvalue weighted by Crippen LogP contribution is -2.38. The summed E-state index contributed by atoms with van der Waals surface area (Å²) in [6.45, 7) is 2.28. The molecule has 0 aliphatic heterocycles. The van der Waals surface area contributed by atoms with E-state index in [4.69, 9.17) is 5.73 Å². The Balaban J connectivity index is 2.36. The van der Waals surface area contributed by atoms with Crippen LogP contribution < -0.4 is 21.9 Å². The van der Waals surface area contributed by atoms with Crippen molar-refractivity contribution in [1.29, 1.82) is 0 Å². The SMILES string of the molecule is CCCCn1c(N)c(N(C)C(=O)/C=C/c2cc(Br)ccc2F)c(=O)[nH]c1=O. The average Bonchev–Trinajstić information content (AvgIpc) is 2.61. The van der Waals surface area contributed by atoms with Gasteiger partial charge >= 0.3 is 5.69 Å². The van der Waals surface area contributed by atoms with E-state index < -0.39 is 23.0 Å². The van der Waals surface area contributed by atoms with E-state index in [1.54, 1.807) is 6.07 Å². The molecule has 0 saturated heterocycles. The zero-order chi connectivity index (χ0) is 20.1. The predicted octanol–water partition coefficient (Wildman–Crippen LogP) is 2.50. The Morgan fingerprint density at radius 3 is 2.78 bits per heavy atom. The molecule has 144 valence electrons. The molecule has 0 bridgehead atoms. The van der Waals surface area contributed by atoms with E-state index >= 15 is 0 Å². The number of carbonyl (C=O) groups is 1. The number of amides is 1. The van der Waals surface area contributed by atoms with Crippen LogP contribution in [0.5, 0.6) is 0 Å². The first-order valence-corrected chi connectivity index (χ1v) is 9.09. The van der Waals surface area contributed by atoms with Crippen LogP contribution in [0.25, 0.3) is 6.08 Å². The molecule has 9 heteroatoms. The molecule has 1 aromatic heterocycles. The summed E-state index contributed by atoms with van der Waals surface area (Å²) in [6, 6.07) is 4.33. The molecule has 0 atom stereocenters. The molecule has 0 aliphatic rings. The van der Waals surface area contributed by atoms with Crippen molar-refractivity contribution in [2.24, 2.45) is 0 Å². The number of nitrogens with two attached hydrogens (primary N) is 1. The van der Waals surface area contributed by atoms with E-state index in [0.717, 1.165) is 17.4 Å². The van der Waals surface area contributed by atoms with Crippen molar-refractivity contribution in [3.05, 3.63) is 61.0 Å². The van der Waals surface area contributed by atoms with Gasteiger partial charge in [0.05, 0.1) is 0 Å². The topological polar surface area (TPSA) is 101 Å². The van der Waals surface area contributed by atoms with E-state index in [1.807, 2.05) is 6.92 Å². The first kappa shape index (κ1) is 20.6. The minimum absolute atomic E-state index is 0.0879. The number of hydrogen-bond donors (Lipinski definition) is 2. The zero-order valence-electron chi connectivity index (χ0n) is 15.0. The number of carbonyl (C=O) groups excluding carboxylic acids is 1. The molecule has 0 unspecified atom stereocenters. The number of unbranched alkanes of at least 4 members (excludes halogenated alkanes) is 1. The molecule has 0 saturated carbocycles. The number of aromatic nitrogens is 2. The van der Waals surface area contributed by atoms with Gasteiger partial charge in [-0.1, -0.05) is 29.3 Å². The predicted molar refractivity (Wildman–Crippen MR) is 107 cm³/mol. The number of nitrogen functional groups attached to an aromatic ring is 1. The molecule has 1 amide bonds. The molecule has 2 aromatic rings. The number of anilines is 2. The Morgan fingerprint density at radius 2 is 2.11 bits per heavy atom. The average molecular weight is 439 g/mol. The summed E-state index contributed by atoms with van der Waals surface area (Å²) in [7, 11) is 1.36. The van der Waals surface area contributed by atoms with E-state index in [1.165, 1.54) is 29.8 Å². The van der Waals surface area contributed by atoms with Crippen LogP contribution in [-0.4, -0.2) is 22.5 Å². The molecular formula is C18H20BrFN4O3. The molecule has 0 fully saturated rings. The lowest BCUT2D eigenvalue weighted by Gasteiger charge is -2.19. The third kappa shape index (κ3) is 4.73. The fraction of sp³-hybridized carbons (Fsp3) is 0.278. The lowest BCUT2D eigenvalue weighted by molar-refractivity contribution is -0.113. The standard InChI is InChI=1S/C18H20BrFN4O3/c1-3-4-9-24-16(21)15(17(26)22-18(24)27)23(2)14(25)8-5-11-10-12(19)6-7-13(11)20/h5-8,10H,3-4,9,21H2,1-2H3,(H,22,26,27)/b8-5+. The second-order valence-electron chi connectivity index (χ2n) is 5.89. The fourth-order valence-corrected chi connectivity index (χ4v) is 2.84. The number of likely N-dealkylation sites (N-methyl/N-ethyl adjacent to an activating group) is 1. The molecular weight excluding hydrogens is 419 g/mol. The normalized spacial score (nSPS) is 11.1. The minimum atomic E-state index is -0.761. The lowest BCUT2D eigenvalue weighted by atomic mass is 10.2. The number of aromatic amines is 1. The summed E-state index contributed by atoms with van der Waals surface area (Å²) in [4.78, 5) is 39.8. The van der Waals surface area contributed by atoms with Crippen LogP contribution in [0.4, 0.5) is 15.9 Å². The number of rotatable bonds is 6. The summed E-state index contributed by atoms with van der Waals surface area (Å²) >= 11 is 3.23. The van der Waals surface area contributed by atoms with Crippen LogP contribution in [0.2, 0.25) is 0 Å². The van der Waals surface area contributed by atoms with Crippen LogP contribution in [0, 0.1) is 5.82 Å². The summed E-state index contributed by atoms with van der Waals surface area (Å²) in [6.07, 6.45) is 3.95. The molecule has 0 aliphatic carbocycles. The van der Waals surface area contributed by atoms with Crippen LogP contribution in [0.1, 0.15) is 25.3 Å². The number of nitrogens with one attached hydrogen (secondary N) is 1. The van der Waals surface area contributed by atoms with Crippen LogP contribution in [0.15, 0.2) is 38.3 Å². The zero-order valence-corrected chi connectivity index (χ0v) is 16.5. The van der Waals surface area contributed by atoms with E-state index in [-0.39, 0.29) is 17.1 Å². The van der Waals surface area contributed by atoms with Crippen molar-refractivity contribution < 1.29 is 9.18 Å². The van der Waals surface area contributed by atoms with Gasteiger partial charge in [-0.15, -0.1) is 0 Å². The smallest absolute Gasteiger partial charge is 0.330 e. The number of H-pyrrole nitrogens is 1. The van der Waals surface area contributed by atoms with Gasteiger partial charge in [0, 0.05) is 29.7 Å². The summed E-state index contributed by atoms with van der Waals surface area (Å²) in [5.74, 6) is -1.17. The van der Waals surface area contributed by atoms with Crippen LogP contribution >= 0.6 is 15.9 Å². The number of nitrogens with zero attached hydrogens (tertiary/aromatic N) is 2. The molecule has 3 N–H and O–H groups in total. The highest BCUT2D eigenvalue weighted by atomic mass is 79.9. The minimum Gasteiger partial charge on any atom is -0.383 e. The van der Waals surface area contributed by atoms with Gasteiger partial charge in [-0.05, 0) is 30.7 Å². The quantitative estimate of drug-likeness (QED) is 0.676. The fourth-order valence-electron chi connectivity index (χ4n) is 2.47. The largest absolute Gasteiger partial charge is 0.383 e. The second-order valence-corrected chi connectivity index (χ2v) is 6.81. The van der Waals surface area contributed by atoms with Gasteiger partial charge in [0.2, 0.25) is 0 Å². The van der Waals surface area contributed by atoms with E-state index in [9.17, 15) is 18.8 Å². The molecule has 0 radical (unpaired) electrons. The van der Waals surface area contributed by atoms with Gasteiger partial charge in [0.1, 0.15) is 11.6 Å². The van der Waals surface area contributed by atoms with E-state index in [2.05, 4.69) is 20.9 Å². The Hall–Kier alpha value is -2.68. The van der Waals surface area contributed by atoms with E-state index in [0.29, 0.717) is 17.4 Å². The Labute approximate surface area is 163 Å².